The van der Waals surface area contributed by atoms with Gasteiger partial charge in [0, 0.05) is 6.21 Å². The first-order valence-electron chi connectivity index (χ1n) is 5.58. The van der Waals surface area contributed by atoms with Gasteiger partial charge in [-0.3, -0.25) is 0 Å². The Kier molecular flexibility index (Phi) is 4.81. The molecule has 13 heavy (non-hydrogen) atoms. The Morgan fingerprint density at radius 3 is 3.00 bits per heavy atom. The maximum atomic E-state index is 7.10. The highest BCUT2D eigenvalue weighted by atomic mass is 14.3. The van der Waals surface area contributed by atoms with Crippen LogP contribution in [-0.4, -0.2) is 6.21 Å². The van der Waals surface area contributed by atoms with Crippen LogP contribution in [0.5, 0.6) is 0 Å². The largest absolute Gasteiger partial charge is 0.309 e. The molecule has 1 aliphatic rings. The molecule has 1 nitrogen and oxygen atoms in total. The molecule has 0 bridgehead atoms. The Labute approximate surface area is 81.7 Å². The summed E-state index contributed by atoms with van der Waals surface area (Å²) in [7, 11) is 0. The van der Waals surface area contributed by atoms with Crippen molar-refractivity contribution < 1.29 is 0 Å². The molecule has 1 heteroatoms. The van der Waals surface area contributed by atoms with Crippen LogP contribution < -0.4 is 0 Å². The summed E-state index contributed by atoms with van der Waals surface area (Å²) in [6, 6.07) is 0. The van der Waals surface area contributed by atoms with Crippen LogP contribution >= 0.6 is 0 Å². The smallest absolute Gasteiger partial charge is 0.0177 e. The van der Waals surface area contributed by atoms with Gasteiger partial charge in [0.2, 0.25) is 0 Å². The summed E-state index contributed by atoms with van der Waals surface area (Å²) < 4.78 is 0. The molecule has 1 unspecified atom stereocenters. The molecule has 0 aliphatic heterocycles. The summed E-state index contributed by atoms with van der Waals surface area (Å²) in [5.74, 6) is 0.801. The minimum Gasteiger partial charge on any atom is -0.309 e. The SMILES string of the molecule is CCCCC1CCCC/C1=C\C=N. The van der Waals surface area contributed by atoms with E-state index in [1.165, 1.54) is 56.7 Å². The number of rotatable bonds is 4. The Hall–Kier alpha value is -0.590. The lowest BCUT2D eigenvalue weighted by Crippen LogP contribution is -2.10. The van der Waals surface area contributed by atoms with Gasteiger partial charge >= 0.3 is 0 Å². The van der Waals surface area contributed by atoms with Gasteiger partial charge in [-0.2, -0.15) is 0 Å². The quantitative estimate of drug-likeness (QED) is 0.632. The molecule has 0 amide bonds. The van der Waals surface area contributed by atoms with Gasteiger partial charge in [-0.25, -0.2) is 0 Å². The standard InChI is InChI=1S/C12H21N/c1-2-3-6-11-7-4-5-8-12(11)9-10-13/h9-11,13H,2-8H2,1H3/b12-9+,13-10?. The van der Waals surface area contributed by atoms with Crippen LogP contribution in [0.4, 0.5) is 0 Å². The Morgan fingerprint density at radius 2 is 2.31 bits per heavy atom. The molecule has 0 aromatic carbocycles. The van der Waals surface area contributed by atoms with E-state index in [4.69, 9.17) is 5.41 Å². The first-order chi connectivity index (χ1) is 6.38. The number of unbranched alkanes of at least 4 members (excludes halogenated alkanes) is 1. The fraction of sp³-hybridized carbons (Fsp3) is 0.750. The highest BCUT2D eigenvalue weighted by Crippen LogP contribution is 2.32. The van der Waals surface area contributed by atoms with Crippen molar-refractivity contribution >= 4 is 6.21 Å². The number of hydrogen-bond acceptors (Lipinski definition) is 1. The molecule has 0 heterocycles. The Bertz CT molecular complexity index is 182. The predicted molar refractivity (Wildman–Crippen MR) is 58.3 cm³/mol. The summed E-state index contributed by atoms with van der Waals surface area (Å²) in [6.45, 7) is 2.25. The van der Waals surface area contributed by atoms with Gasteiger partial charge in [-0.05, 0) is 37.7 Å². The molecule has 1 aliphatic carbocycles. The maximum absolute atomic E-state index is 7.10. The average molecular weight is 179 g/mol. The van der Waals surface area contributed by atoms with Gasteiger partial charge in [0.1, 0.15) is 0 Å². The van der Waals surface area contributed by atoms with Crippen LogP contribution in [0.15, 0.2) is 11.6 Å². The van der Waals surface area contributed by atoms with Crippen LogP contribution in [0, 0.1) is 11.3 Å². The van der Waals surface area contributed by atoms with Gasteiger partial charge in [-0.15, -0.1) is 0 Å². The molecule has 0 aromatic heterocycles. The van der Waals surface area contributed by atoms with Crippen molar-refractivity contribution in [2.45, 2.75) is 51.9 Å². The molecule has 0 spiro atoms. The molecule has 0 radical (unpaired) electrons. The van der Waals surface area contributed by atoms with Gasteiger partial charge < -0.3 is 5.41 Å². The van der Waals surface area contributed by atoms with Crippen molar-refractivity contribution in [3.05, 3.63) is 11.6 Å². The third-order valence-electron chi connectivity index (χ3n) is 3.00. The first-order valence-corrected chi connectivity index (χ1v) is 5.58. The van der Waals surface area contributed by atoms with E-state index in [0.29, 0.717) is 0 Å². The highest BCUT2D eigenvalue weighted by molar-refractivity contribution is 5.69. The summed E-state index contributed by atoms with van der Waals surface area (Å²) >= 11 is 0. The zero-order chi connectivity index (χ0) is 9.52. The van der Waals surface area contributed by atoms with E-state index in [1.54, 1.807) is 0 Å². The molecule has 0 saturated heterocycles. The summed E-state index contributed by atoms with van der Waals surface area (Å²) in [4.78, 5) is 0. The van der Waals surface area contributed by atoms with Crippen LogP contribution in [0.25, 0.3) is 0 Å². The molecular formula is C12H21N. The van der Waals surface area contributed by atoms with Gasteiger partial charge in [0.25, 0.3) is 0 Å². The molecule has 1 saturated carbocycles. The molecule has 1 fully saturated rings. The second-order valence-electron chi connectivity index (χ2n) is 3.99. The predicted octanol–water partition coefficient (Wildman–Crippen LogP) is 3.94. The Balaban J connectivity index is 2.46. The first kappa shape index (κ1) is 10.5. The van der Waals surface area contributed by atoms with Crippen molar-refractivity contribution in [2.24, 2.45) is 5.92 Å². The van der Waals surface area contributed by atoms with E-state index in [-0.39, 0.29) is 0 Å². The normalized spacial score (nSPS) is 26.2. The van der Waals surface area contributed by atoms with E-state index in [0.717, 1.165) is 5.92 Å². The topological polar surface area (TPSA) is 23.9 Å². The third-order valence-corrected chi connectivity index (χ3v) is 3.00. The molecule has 74 valence electrons. The van der Waals surface area contributed by atoms with Crippen molar-refractivity contribution in [1.82, 2.24) is 0 Å². The highest BCUT2D eigenvalue weighted by Gasteiger charge is 2.17. The van der Waals surface area contributed by atoms with Crippen molar-refractivity contribution in [3.8, 4) is 0 Å². The second kappa shape index (κ2) is 5.95. The van der Waals surface area contributed by atoms with Crippen LogP contribution in [0.3, 0.4) is 0 Å². The van der Waals surface area contributed by atoms with Crippen molar-refractivity contribution in [3.63, 3.8) is 0 Å². The van der Waals surface area contributed by atoms with E-state index < -0.39 is 0 Å². The summed E-state index contributed by atoms with van der Waals surface area (Å²) in [5, 5.41) is 7.10. The lowest BCUT2D eigenvalue weighted by molar-refractivity contribution is 0.417. The van der Waals surface area contributed by atoms with Gasteiger partial charge in [0.05, 0.1) is 0 Å². The molecule has 0 aromatic rings. The monoisotopic (exact) mass is 179 g/mol. The molecule has 1 atom stereocenters. The lowest BCUT2D eigenvalue weighted by atomic mass is 9.81. The minimum atomic E-state index is 0.801. The molecule has 1 rings (SSSR count). The summed E-state index contributed by atoms with van der Waals surface area (Å²) in [5.41, 5.74) is 1.54. The average Bonchev–Trinajstić information content (AvgIpc) is 2.17. The fourth-order valence-electron chi connectivity index (χ4n) is 2.22. The van der Waals surface area contributed by atoms with Gasteiger partial charge in [-0.1, -0.05) is 31.8 Å². The zero-order valence-corrected chi connectivity index (χ0v) is 8.68. The molecular weight excluding hydrogens is 158 g/mol. The number of nitrogens with one attached hydrogen (secondary N) is 1. The third kappa shape index (κ3) is 3.33. The van der Waals surface area contributed by atoms with E-state index in [9.17, 15) is 0 Å². The fourth-order valence-corrected chi connectivity index (χ4v) is 2.22. The van der Waals surface area contributed by atoms with Crippen LogP contribution in [-0.2, 0) is 0 Å². The minimum absolute atomic E-state index is 0.801. The Morgan fingerprint density at radius 1 is 1.46 bits per heavy atom. The van der Waals surface area contributed by atoms with E-state index >= 15 is 0 Å². The van der Waals surface area contributed by atoms with E-state index in [1.807, 2.05) is 6.08 Å². The van der Waals surface area contributed by atoms with Crippen molar-refractivity contribution in [1.29, 1.82) is 5.41 Å². The van der Waals surface area contributed by atoms with Gasteiger partial charge in [0.15, 0.2) is 0 Å². The van der Waals surface area contributed by atoms with Crippen molar-refractivity contribution in [2.75, 3.05) is 0 Å². The maximum Gasteiger partial charge on any atom is 0.0177 e. The number of allylic oxidation sites excluding steroid dienone is 2. The van der Waals surface area contributed by atoms with E-state index in [2.05, 4.69) is 6.92 Å². The van der Waals surface area contributed by atoms with Crippen LogP contribution in [0.1, 0.15) is 51.9 Å². The number of hydrogen-bond donors (Lipinski definition) is 1. The molecule has 1 N–H and O–H groups in total. The second-order valence-corrected chi connectivity index (χ2v) is 3.99. The van der Waals surface area contributed by atoms with Crippen LogP contribution in [0.2, 0.25) is 0 Å². The lowest BCUT2D eigenvalue weighted by Gasteiger charge is -2.24. The zero-order valence-electron chi connectivity index (χ0n) is 8.68. The summed E-state index contributed by atoms with van der Waals surface area (Å²) in [6.07, 6.45) is 12.8.